The largest absolute Gasteiger partial charge is 0.456 e. The van der Waals surface area contributed by atoms with E-state index in [1.807, 2.05) is 28.9 Å². The molecular formula is C25H20N4O. The monoisotopic (exact) mass is 392 g/mol. The number of aryl methyl sites for hydroxylation is 2. The van der Waals surface area contributed by atoms with E-state index in [1.165, 1.54) is 11.1 Å². The molecule has 3 heterocycles. The van der Waals surface area contributed by atoms with Gasteiger partial charge < -0.3 is 9.40 Å². The summed E-state index contributed by atoms with van der Waals surface area (Å²) in [5.74, 6) is 0.771. The smallest absolute Gasteiger partial charge is 0.159 e. The van der Waals surface area contributed by atoms with Gasteiger partial charge in [0.25, 0.3) is 0 Å². The van der Waals surface area contributed by atoms with Crippen LogP contribution >= 0.6 is 0 Å². The summed E-state index contributed by atoms with van der Waals surface area (Å²) >= 11 is 0. The lowest BCUT2D eigenvalue weighted by atomic mass is 10.1. The molecule has 0 amide bonds. The molecule has 0 aliphatic heterocycles. The summed E-state index contributed by atoms with van der Waals surface area (Å²) in [4.78, 5) is 8.23. The van der Waals surface area contributed by atoms with Crippen molar-refractivity contribution in [2.24, 2.45) is 0 Å². The number of nitrogens with zero attached hydrogens (tertiary/aromatic N) is 3. The number of imidazole rings is 1. The second-order valence-electron chi connectivity index (χ2n) is 7.86. The highest BCUT2D eigenvalue weighted by Crippen LogP contribution is 2.32. The maximum Gasteiger partial charge on any atom is 0.159 e. The van der Waals surface area contributed by atoms with Gasteiger partial charge in [-0.3, -0.25) is 4.68 Å². The van der Waals surface area contributed by atoms with E-state index in [-0.39, 0.29) is 0 Å². The van der Waals surface area contributed by atoms with Crippen LogP contribution < -0.4 is 0 Å². The lowest BCUT2D eigenvalue weighted by Crippen LogP contribution is -2.03. The Labute approximate surface area is 173 Å². The Hall–Kier alpha value is -3.86. The first-order valence-electron chi connectivity index (χ1n) is 10.1. The lowest BCUT2D eigenvalue weighted by molar-refractivity contribution is 0.666. The van der Waals surface area contributed by atoms with Crippen LogP contribution in [0.1, 0.15) is 16.8 Å². The van der Waals surface area contributed by atoms with Crippen LogP contribution in [0.5, 0.6) is 0 Å². The second kappa shape index (κ2) is 6.32. The molecule has 5 nitrogen and oxygen atoms in total. The molecule has 0 aliphatic rings. The van der Waals surface area contributed by atoms with Gasteiger partial charge in [0.15, 0.2) is 5.82 Å². The molecule has 0 unspecified atom stereocenters. The Morgan fingerprint density at radius 1 is 0.900 bits per heavy atom. The van der Waals surface area contributed by atoms with Gasteiger partial charge in [0.1, 0.15) is 16.9 Å². The molecule has 6 aromatic rings. The normalized spacial score (nSPS) is 11.8. The maximum absolute atomic E-state index is 6.00. The highest BCUT2D eigenvalue weighted by Gasteiger charge is 2.14. The lowest BCUT2D eigenvalue weighted by Gasteiger charge is -2.04. The van der Waals surface area contributed by atoms with E-state index in [9.17, 15) is 0 Å². The summed E-state index contributed by atoms with van der Waals surface area (Å²) < 4.78 is 8.02. The average molecular weight is 392 g/mol. The van der Waals surface area contributed by atoms with E-state index in [1.54, 1.807) is 0 Å². The molecule has 0 saturated heterocycles. The maximum atomic E-state index is 6.00. The van der Waals surface area contributed by atoms with Crippen molar-refractivity contribution in [2.45, 2.75) is 20.4 Å². The highest BCUT2D eigenvalue weighted by molar-refractivity contribution is 6.09. The van der Waals surface area contributed by atoms with Gasteiger partial charge in [-0.25, -0.2) is 4.98 Å². The molecule has 0 fully saturated rings. The third-order valence-corrected chi connectivity index (χ3v) is 5.66. The fraction of sp³-hybridized carbons (Fsp3) is 0.120. The molecule has 3 aromatic carbocycles. The minimum Gasteiger partial charge on any atom is -0.456 e. The third-order valence-electron chi connectivity index (χ3n) is 5.66. The molecule has 1 N–H and O–H groups in total. The van der Waals surface area contributed by atoms with Crippen molar-refractivity contribution in [3.8, 4) is 11.5 Å². The van der Waals surface area contributed by atoms with Gasteiger partial charge in [-0.2, -0.15) is 5.10 Å². The van der Waals surface area contributed by atoms with Crippen LogP contribution in [-0.2, 0) is 6.54 Å². The molecule has 30 heavy (non-hydrogen) atoms. The third kappa shape index (κ3) is 2.70. The first kappa shape index (κ1) is 17.0. The minimum atomic E-state index is 0.741. The van der Waals surface area contributed by atoms with Crippen molar-refractivity contribution in [3.05, 3.63) is 83.6 Å². The van der Waals surface area contributed by atoms with Crippen LogP contribution in [0.25, 0.3) is 44.5 Å². The SMILES string of the molecule is Cc1ccc(Cn2nc(-c3nc4cc5oc6ccccc6c5cc4[nH]3)cc2C)cc1. The number of para-hydroxylation sites is 1. The zero-order valence-corrected chi connectivity index (χ0v) is 16.8. The number of nitrogens with one attached hydrogen (secondary N) is 1. The predicted molar refractivity (Wildman–Crippen MR) is 120 cm³/mol. The van der Waals surface area contributed by atoms with Crippen molar-refractivity contribution < 1.29 is 4.42 Å². The van der Waals surface area contributed by atoms with E-state index in [0.717, 1.165) is 56.7 Å². The van der Waals surface area contributed by atoms with Gasteiger partial charge in [-0.05, 0) is 37.6 Å². The fourth-order valence-electron chi connectivity index (χ4n) is 4.00. The van der Waals surface area contributed by atoms with Gasteiger partial charge in [0.05, 0.1) is 17.6 Å². The van der Waals surface area contributed by atoms with Gasteiger partial charge in [0.2, 0.25) is 0 Å². The molecule has 0 saturated carbocycles. The molecule has 0 atom stereocenters. The number of rotatable bonds is 3. The first-order chi connectivity index (χ1) is 14.6. The zero-order chi connectivity index (χ0) is 20.2. The molecule has 0 spiro atoms. The molecule has 0 radical (unpaired) electrons. The van der Waals surface area contributed by atoms with E-state index >= 15 is 0 Å². The number of fused-ring (bicyclic) bond motifs is 4. The molecule has 5 heteroatoms. The van der Waals surface area contributed by atoms with Crippen LogP contribution in [0, 0.1) is 13.8 Å². The van der Waals surface area contributed by atoms with Crippen molar-refractivity contribution >= 4 is 33.0 Å². The summed E-state index contributed by atoms with van der Waals surface area (Å²) in [6.07, 6.45) is 0. The number of hydrogen-bond donors (Lipinski definition) is 1. The van der Waals surface area contributed by atoms with Crippen molar-refractivity contribution in [2.75, 3.05) is 0 Å². The Morgan fingerprint density at radius 3 is 2.60 bits per heavy atom. The summed E-state index contributed by atoms with van der Waals surface area (Å²) in [5, 5.41) is 7.01. The highest BCUT2D eigenvalue weighted by atomic mass is 16.3. The number of benzene rings is 3. The molecule has 0 bridgehead atoms. The summed E-state index contributed by atoms with van der Waals surface area (Å²) in [6, 6.07) is 22.8. The Morgan fingerprint density at radius 2 is 1.73 bits per heavy atom. The van der Waals surface area contributed by atoms with Crippen LogP contribution in [0.15, 0.2) is 71.1 Å². The molecular weight excluding hydrogens is 372 g/mol. The van der Waals surface area contributed by atoms with Gasteiger partial charge in [-0.1, -0.05) is 48.0 Å². The van der Waals surface area contributed by atoms with Crippen LogP contribution in [0.2, 0.25) is 0 Å². The zero-order valence-electron chi connectivity index (χ0n) is 16.8. The fourth-order valence-corrected chi connectivity index (χ4v) is 4.00. The van der Waals surface area contributed by atoms with Gasteiger partial charge in [-0.15, -0.1) is 0 Å². The number of hydrogen-bond acceptors (Lipinski definition) is 3. The molecule has 146 valence electrons. The first-order valence-corrected chi connectivity index (χ1v) is 10.1. The predicted octanol–water partition coefficient (Wildman–Crippen LogP) is 5.99. The Kier molecular flexibility index (Phi) is 3.59. The van der Waals surface area contributed by atoms with E-state index in [0.29, 0.717) is 0 Å². The van der Waals surface area contributed by atoms with Crippen molar-refractivity contribution in [1.29, 1.82) is 0 Å². The van der Waals surface area contributed by atoms with Gasteiger partial charge in [0, 0.05) is 22.5 Å². The van der Waals surface area contributed by atoms with Gasteiger partial charge >= 0.3 is 0 Å². The van der Waals surface area contributed by atoms with Crippen molar-refractivity contribution in [3.63, 3.8) is 0 Å². The number of H-pyrrole nitrogens is 1. The number of aromatic nitrogens is 4. The number of furan rings is 1. The van der Waals surface area contributed by atoms with E-state index in [4.69, 9.17) is 14.5 Å². The quantitative estimate of drug-likeness (QED) is 0.402. The van der Waals surface area contributed by atoms with Crippen LogP contribution in [0.4, 0.5) is 0 Å². The Balaban J connectivity index is 1.40. The van der Waals surface area contributed by atoms with E-state index < -0.39 is 0 Å². The summed E-state index contributed by atoms with van der Waals surface area (Å²) in [5.41, 5.74) is 8.04. The molecule has 0 aliphatic carbocycles. The summed E-state index contributed by atoms with van der Waals surface area (Å²) in [7, 11) is 0. The Bertz CT molecular complexity index is 1530. The molecule has 3 aromatic heterocycles. The van der Waals surface area contributed by atoms with Crippen LogP contribution in [0.3, 0.4) is 0 Å². The topological polar surface area (TPSA) is 59.6 Å². The van der Waals surface area contributed by atoms with E-state index in [2.05, 4.69) is 61.3 Å². The minimum absolute atomic E-state index is 0.741. The second-order valence-corrected chi connectivity index (χ2v) is 7.86. The van der Waals surface area contributed by atoms with Crippen LogP contribution in [-0.4, -0.2) is 19.7 Å². The van der Waals surface area contributed by atoms with Crippen molar-refractivity contribution in [1.82, 2.24) is 19.7 Å². The molecule has 6 rings (SSSR count). The standard InChI is InChI=1S/C25H20N4O/c1-15-7-9-17(10-8-15)14-29-16(2)11-22(28-29)25-26-20-12-19-18-5-3-4-6-23(18)30-24(19)13-21(20)27-25/h3-13H,14H2,1-2H3,(H,26,27). The number of aromatic amines is 1. The average Bonchev–Trinajstić information content (AvgIpc) is 3.42. The summed E-state index contributed by atoms with van der Waals surface area (Å²) in [6.45, 7) is 4.92.